The van der Waals surface area contributed by atoms with Crippen molar-refractivity contribution in [3.8, 4) is 0 Å². The molecule has 21 heavy (non-hydrogen) atoms. The molecular formula is C18H34N2O. The molecule has 3 heteroatoms. The molecule has 2 saturated heterocycles. The third-order valence-electron chi connectivity index (χ3n) is 6.43. The zero-order chi connectivity index (χ0) is 14.9. The maximum atomic E-state index is 6.19. The minimum Gasteiger partial charge on any atom is -0.375 e. The first-order valence-corrected chi connectivity index (χ1v) is 9.24. The first-order valence-electron chi connectivity index (χ1n) is 9.24. The van der Waals surface area contributed by atoms with Gasteiger partial charge >= 0.3 is 0 Å². The van der Waals surface area contributed by atoms with E-state index in [0.717, 1.165) is 31.4 Å². The normalized spacial score (nSPS) is 38.1. The van der Waals surface area contributed by atoms with Crippen LogP contribution in [-0.4, -0.2) is 48.3 Å². The average Bonchev–Trinajstić information content (AvgIpc) is 3.35. The third-order valence-corrected chi connectivity index (χ3v) is 6.43. The average molecular weight is 294 g/mol. The highest BCUT2D eigenvalue weighted by molar-refractivity contribution is 5.02. The van der Waals surface area contributed by atoms with Crippen LogP contribution in [0.15, 0.2) is 0 Å². The standard InChI is InChI=1S/C18H34N2O/c1-4-18(5-2)13-16(9-12-21-18)20-11-6-10-19-17(3,14-20)15-7-8-15/h15-16,19H,4-14H2,1-3H3. The number of nitrogens with one attached hydrogen (secondary N) is 1. The molecule has 0 aromatic heterocycles. The van der Waals surface area contributed by atoms with Gasteiger partial charge in [0.2, 0.25) is 0 Å². The predicted molar refractivity (Wildman–Crippen MR) is 87.6 cm³/mol. The molecular weight excluding hydrogens is 260 g/mol. The second kappa shape index (κ2) is 6.17. The Morgan fingerprint density at radius 3 is 2.62 bits per heavy atom. The number of rotatable bonds is 4. The molecule has 2 unspecified atom stereocenters. The summed E-state index contributed by atoms with van der Waals surface area (Å²) >= 11 is 0. The van der Waals surface area contributed by atoms with Crippen molar-refractivity contribution < 1.29 is 4.74 Å². The fourth-order valence-corrected chi connectivity index (χ4v) is 4.57. The molecule has 3 rings (SSSR count). The van der Waals surface area contributed by atoms with E-state index in [1.54, 1.807) is 0 Å². The van der Waals surface area contributed by atoms with Crippen LogP contribution in [-0.2, 0) is 4.74 Å². The third kappa shape index (κ3) is 3.30. The molecule has 2 aliphatic heterocycles. The van der Waals surface area contributed by atoms with Crippen LogP contribution >= 0.6 is 0 Å². The van der Waals surface area contributed by atoms with Gasteiger partial charge in [-0.15, -0.1) is 0 Å². The molecule has 2 atom stereocenters. The molecule has 2 heterocycles. The van der Waals surface area contributed by atoms with Crippen LogP contribution in [0.3, 0.4) is 0 Å². The zero-order valence-electron chi connectivity index (χ0n) is 14.3. The van der Waals surface area contributed by atoms with E-state index in [9.17, 15) is 0 Å². The van der Waals surface area contributed by atoms with Crippen molar-refractivity contribution in [1.82, 2.24) is 10.2 Å². The summed E-state index contributed by atoms with van der Waals surface area (Å²) in [6.07, 6.45) is 8.93. The molecule has 0 radical (unpaired) electrons. The highest BCUT2D eigenvalue weighted by Gasteiger charge is 2.45. The lowest BCUT2D eigenvalue weighted by molar-refractivity contribution is -0.111. The topological polar surface area (TPSA) is 24.5 Å². The van der Waals surface area contributed by atoms with Crippen molar-refractivity contribution in [3.05, 3.63) is 0 Å². The zero-order valence-corrected chi connectivity index (χ0v) is 14.3. The Morgan fingerprint density at radius 1 is 1.19 bits per heavy atom. The first kappa shape index (κ1) is 15.8. The monoisotopic (exact) mass is 294 g/mol. The van der Waals surface area contributed by atoms with Crippen LogP contribution in [0.25, 0.3) is 0 Å². The Bertz CT molecular complexity index is 351. The number of hydrogen-bond donors (Lipinski definition) is 1. The lowest BCUT2D eigenvalue weighted by atomic mass is 9.84. The van der Waals surface area contributed by atoms with Crippen LogP contribution in [0.5, 0.6) is 0 Å². The maximum Gasteiger partial charge on any atom is 0.0692 e. The summed E-state index contributed by atoms with van der Waals surface area (Å²) in [5, 5.41) is 3.86. The maximum absolute atomic E-state index is 6.19. The Kier molecular flexibility index (Phi) is 4.63. The van der Waals surface area contributed by atoms with E-state index in [2.05, 4.69) is 31.0 Å². The van der Waals surface area contributed by atoms with Gasteiger partial charge in [-0.2, -0.15) is 0 Å². The molecule has 3 nitrogen and oxygen atoms in total. The SMILES string of the molecule is CCC1(CC)CC(N2CCCNC(C)(C3CC3)C2)CCO1. The van der Waals surface area contributed by atoms with Gasteiger partial charge < -0.3 is 10.1 Å². The van der Waals surface area contributed by atoms with Gasteiger partial charge in [0.25, 0.3) is 0 Å². The molecule has 3 aliphatic rings. The fourth-order valence-electron chi connectivity index (χ4n) is 4.57. The van der Waals surface area contributed by atoms with Crippen molar-refractivity contribution in [2.75, 3.05) is 26.2 Å². The van der Waals surface area contributed by atoms with E-state index in [1.807, 2.05) is 0 Å². The minimum absolute atomic E-state index is 0.151. The van der Waals surface area contributed by atoms with Crippen LogP contribution in [0.2, 0.25) is 0 Å². The summed E-state index contributed by atoms with van der Waals surface area (Å²) in [6, 6.07) is 0.733. The fraction of sp³-hybridized carbons (Fsp3) is 1.00. The first-order chi connectivity index (χ1) is 10.1. The minimum atomic E-state index is 0.151. The molecule has 0 bridgehead atoms. The summed E-state index contributed by atoms with van der Waals surface area (Å²) in [5.41, 5.74) is 0.508. The molecule has 1 saturated carbocycles. The lowest BCUT2D eigenvalue weighted by Gasteiger charge is -2.46. The van der Waals surface area contributed by atoms with E-state index in [0.29, 0.717) is 5.54 Å². The molecule has 3 fully saturated rings. The van der Waals surface area contributed by atoms with Gasteiger partial charge in [-0.1, -0.05) is 13.8 Å². The smallest absolute Gasteiger partial charge is 0.0692 e. The van der Waals surface area contributed by atoms with Crippen LogP contribution in [0.4, 0.5) is 0 Å². The van der Waals surface area contributed by atoms with Crippen molar-refractivity contribution in [2.24, 2.45) is 5.92 Å². The Labute approximate surface area is 130 Å². The van der Waals surface area contributed by atoms with E-state index < -0.39 is 0 Å². The molecule has 1 aliphatic carbocycles. The quantitative estimate of drug-likeness (QED) is 0.862. The van der Waals surface area contributed by atoms with Crippen LogP contribution in [0, 0.1) is 5.92 Å². The van der Waals surface area contributed by atoms with Crippen molar-refractivity contribution in [2.45, 2.75) is 82.9 Å². The highest BCUT2D eigenvalue weighted by atomic mass is 16.5. The Hall–Kier alpha value is -0.120. The van der Waals surface area contributed by atoms with Crippen molar-refractivity contribution >= 4 is 0 Å². The molecule has 1 N–H and O–H groups in total. The highest BCUT2D eigenvalue weighted by Crippen LogP contribution is 2.42. The van der Waals surface area contributed by atoms with Crippen LogP contribution < -0.4 is 5.32 Å². The van der Waals surface area contributed by atoms with E-state index in [4.69, 9.17) is 4.74 Å². The number of nitrogens with zero attached hydrogens (tertiary/aromatic N) is 1. The Balaban J connectivity index is 1.69. The summed E-state index contributed by atoms with van der Waals surface area (Å²) in [6.45, 7) is 11.7. The summed E-state index contributed by atoms with van der Waals surface area (Å²) in [4.78, 5) is 2.81. The van der Waals surface area contributed by atoms with E-state index in [-0.39, 0.29) is 5.60 Å². The van der Waals surface area contributed by atoms with E-state index in [1.165, 1.54) is 51.7 Å². The Morgan fingerprint density at radius 2 is 1.95 bits per heavy atom. The van der Waals surface area contributed by atoms with Gasteiger partial charge in [0.15, 0.2) is 0 Å². The van der Waals surface area contributed by atoms with E-state index >= 15 is 0 Å². The summed E-state index contributed by atoms with van der Waals surface area (Å²) in [5.74, 6) is 0.917. The lowest BCUT2D eigenvalue weighted by Crippen LogP contribution is -2.55. The van der Waals surface area contributed by atoms with Gasteiger partial charge in [-0.05, 0) is 70.9 Å². The molecule has 0 spiro atoms. The van der Waals surface area contributed by atoms with Gasteiger partial charge in [0, 0.05) is 24.7 Å². The molecule has 0 aromatic carbocycles. The van der Waals surface area contributed by atoms with Gasteiger partial charge in [-0.3, -0.25) is 4.90 Å². The van der Waals surface area contributed by atoms with Gasteiger partial charge in [0.05, 0.1) is 5.60 Å². The second-order valence-electron chi connectivity index (χ2n) is 7.83. The second-order valence-corrected chi connectivity index (χ2v) is 7.83. The van der Waals surface area contributed by atoms with Gasteiger partial charge in [0.1, 0.15) is 0 Å². The number of hydrogen-bond acceptors (Lipinski definition) is 3. The summed E-state index contributed by atoms with van der Waals surface area (Å²) < 4.78 is 6.19. The number of ether oxygens (including phenoxy) is 1. The van der Waals surface area contributed by atoms with Crippen LogP contribution in [0.1, 0.15) is 65.7 Å². The largest absolute Gasteiger partial charge is 0.375 e. The predicted octanol–water partition coefficient (Wildman–Crippen LogP) is 3.19. The summed E-state index contributed by atoms with van der Waals surface area (Å²) in [7, 11) is 0. The molecule has 0 aromatic rings. The van der Waals surface area contributed by atoms with Crippen molar-refractivity contribution in [1.29, 1.82) is 0 Å². The van der Waals surface area contributed by atoms with Crippen molar-refractivity contribution in [3.63, 3.8) is 0 Å². The molecule has 0 amide bonds. The molecule has 122 valence electrons. The van der Waals surface area contributed by atoms with Gasteiger partial charge in [-0.25, -0.2) is 0 Å².